The highest BCUT2D eigenvalue weighted by Gasteiger charge is 2.21. The van der Waals surface area contributed by atoms with Crippen LogP contribution in [0.1, 0.15) is 28.7 Å². The molecule has 3 nitrogen and oxygen atoms in total. The lowest BCUT2D eigenvalue weighted by Gasteiger charge is -2.25. The zero-order valence-electron chi connectivity index (χ0n) is 14.6. The molecule has 2 aromatic carbocycles. The van der Waals surface area contributed by atoms with E-state index in [1.807, 2.05) is 0 Å². The van der Waals surface area contributed by atoms with E-state index in [1.54, 1.807) is 0 Å². The average molecular weight is 347 g/mol. The first-order chi connectivity index (χ1) is 10.6. The first kappa shape index (κ1) is 20.4. The quantitative estimate of drug-likeness (QED) is 0.837. The molecule has 0 radical (unpaired) electrons. The number of halogens is 1. The van der Waals surface area contributed by atoms with Crippen molar-refractivity contribution in [2.75, 3.05) is 20.6 Å². The Morgan fingerprint density at radius 3 is 2.38 bits per heavy atom. The van der Waals surface area contributed by atoms with Crippen LogP contribution in [0.2, 0.25) is 0 Å². The Morgan fingerprint density at radius 2 is 1.71 bits per heavy atom. The summed E-state index contributed by atoms with van der Waals surface area (Å²) in [5.41, 5.74) is 6.40. The maximum atomic E-state index is 5.08. The molecule has 1 atom stereocenters. The molecule has 2 N–H and O–H groups in total. The predicted molar refractivity (Wildman–Crippen MR) is 105 cm³/mol. The van der Waals surface area contributed by atoms with Gasteiger partial charge < -0.3 is 10.4 Å². The molecule has 0 aromatic heterocycles. The van der Waals surface area contributed by atoms with Crippen LogP contribution >= 0.6 is 12.4 Å². The average Bonchev–Trinajstić information content (AvgIpc) is 2.53. The third-order valence-corrected chi connectivity index (χ3v) is 4.27. The van der Waals surface area contributed by atoms with Crippen LogP contribution in [0.3, 0.4) is 0 Å². The second kappa shape index (κ2) is 8.97. The summed E-state index contributed by atoms with van der Waals surface area (Å²) >= 11 is 0. The summed E-state index contributed by atoms with van der Waals surface area (Å²) in [5, 5.41) is 0. The molecule has 1 heterocycles. The third-order valence-electron chi connectivity index (χ3n) is 4.27. The van der Waals surface area contributed by atoms with E-state index in [-0.39, 0.29) is 17.9 Å². The van der Waals surface area contributed by atoms with Gasteiger partial charge in [-0.1, -0.05) is 54.1 Å². The van der Waals surface area contributed by atoms with E-state index in [4.69, 9.17) is 4.99 Å². The van der Waals surface area contributed by atoms with Gasteiger partial charge in [0.15, 0.2) is 0 Å². The molecule has 1 aliphatic rings. The van der Waals surface area contributed by atoms with E-state index >= 15 is 0 Å². The highest BCUT2D eigenvalue weighted by atomic mass is 35.5. The van der Waals surface area contributed by atoms with E-state index in [0.29, 0.717) is 6.04 Å². The molecule has 0 saturated heterocycles. The number of fused-ring (bicyclic) bond motifs is 1. The number of hydrogen-bond donors (Lipinski definition) is 0. The highest BCUT2D eigenvalue weighted by molar-refractivity contribution is 6.14. The van der Waals surface area contributed by atoms with Gasteiger partial charge in [0, 0.05) is 11.1 Å². The van der Waals surface area contributed by atoms with Crippen LogP contribution in [0.4, 0.5) is 0 Å². The van der Waals surface area contributed by atoms with Crippen molar-refractivity contribution in [3.63, 3.8) is 0 Å². The maximum Gasteiger partial charge on any atom is 0.0725 e. The van der Waals surface area contributed by atoms with Crippen molar-refractivity contribution < 1.29 is 5.48 Å². The topological polar surface area (TPSA) is 47.1 Å². The Bertz CT molecular complexity index is 680. The monoisotopic (exact) mass is 346 g/mol. The molecule has 0 fully saturated rings. The summed E-state index contributed by atoms with van der Waals surface area (Å²) in [5.74, 6) is 0. The van der Waals surface area contributed by atoms with Crippen LogP contribution in [0.15, 0.2) is 53.5 Å². The minimum absolute atomic E-state index is 0. The summed E-state index contributed by atoms with van der Waals surface area (Å²) in [7, 11) is 4.25. The molecule has 2 aromatic rings. The van der Waals surface area contributed by atoms with Crippen molar-refractivity contribution in [2.45, 2.75) is 25.8 Å². The Labute approximate surface area is 151 Å². The van der Waals surface area contributed by atoms with Crippen LogP contribution in [0.5, 0.6) is 0 Å². The van der Waals surface area contributed by atoms with Crippen LogP contribution in [-0.2, 0) is 6.42 Å². The molecule has 130 valence electrons. The minimum atomic E-state index is 0. The number of rotatable bonds is 4. The smallest absolute Gasteiger partial charge is 0.0725 e. The highest BCUT2D eigenvalue weighted by Crippen LogP contribution is 2.25. The molecule has 0 spiro atoms. The van der Waals surface area contributed by atoms with Gasteiger partial charge in [0.25, 0.3) is 0 Å². The lowest BCUT2D eigenvalue weighted by molar-refractivity contribution is 0.379. The second-order valence-corrected chi connectivity index (χ2v) is 6.45. The Balaban J connectivity index is 0.00000144. The van der Waals surface area contributed by atoms with Crippen LogP contribution < -0.4 is 0 Å². The lowest BCUT2D eigenvalue weighted by Crippen LogP contribution is -2.25. The number of aliphatic imine (C=N–C) groups is 1. The van der Waals surface area contributed by atoms with Gasteiger partial charge in [0.2, 0.25) is 0 Å². The van der Waals surface area contributed by atoms with Gasteiger partial charge in [-0.05, 0) is 46.0 Å². The van der Waals surface area contributed by atoms with Crippen molar-refractivity contribution in [2.24, 2.45) is 4.99 Å². The van der Waals surface area contributed by atoms with Gasteiger partial charge in [-0.15, -0.1) is 12.4 Å². The van der Waals surface area contributed by atoms with Crippen molar-refractivity contribution in [3.8, 4) is 0 Å². The SMILES string of the molecule is Cc1ccc(C2=NC(CCN(C)C)Cc3ccccc32)cc1.Cl.O. The van der Waals surface area contributed by atoms with Gasteiger partial charge >= 0.3 is 0 Å². The van der Waals surface area contributed by atoms with Crippen molar-refractivity contribution >= 4 is 18.1 Å². The van der Waals surface area contributed by atoms with Crippen molar-refractivity contribution in [3.05, 3.63) is 70.8 Å². The van der Waals surface area contributed by atoms with E-state index in [2.05, 4.69) is 74.4 Å². The van der Waals surface area contributed by atoms with Gasteiger partial charge in [-0.25, -0.2) is 0 Å². The summed E-state index contributed by atoms with van der Waals surface area (Å²) in [6.07, 6.45) is 2.16. The molecule has 0 amide bonds. The van der Waals surface area contributed by atoms with Gasteiger partial charge in [-0.2, -0.15) is 0 Å². The van der Waals surface area contributed by atoms with Crippen LogP contribution in [0.25, 0.3) is 0 Å². The van der Waals surface area contributed by atoms with Gasteiger partial charge in [-0.3, -0.25) is 4.99 Å². The first-order valence-corrected chi connectivity index (χ1v) is 8.01. The molecular formula is C20H27ClN2O. The van der Waals surface area contributed by atoms with Crippen molar-refractivity contribution in [1.82, 2.24) is 4.90 Å². The number of nitrogens with zero attached hydrogens (tertiary/aromatic N) is 2. The zero-order chi connectivity index (χ0) is 15.5. The Morgan fingerprint density at radius 1 is 1.04 bits per heavy atom. The van der Waals surface area contributed by atoms with Crippen LogP contribution in [-0.4, -0.2) is 42.8 Å². The largest absolute Gasteiger partial charge is 0.412 e. The number of aryl methyl sites for hydroxylation is 1. The molecule has 4 heteroatoms. The van der Waals surface area contributed by atoms with E-state index in [9.17, 15) is 0 Å². The molecule has 0 aliphatic carbocycles. The lowest BCUT2D eigenvalue weighted by atomic mass is 9.89. The summed E-state index contributed by atoms with van der Waals surface area (Å²) in [4.78, 5) is 7.32. The number of benzene rings is 2. The number of hydrogen-bond acceptors (Lipinski definition) is 2. The Hall–Kier alpha value is -1.68. The molecule has 24 heavy (non-hydrogen) atoms. The Kier molecular flexibility index (Phi) is 7.61. The van der Waals surface area contributed by atoms with Gasteiger partial charge in [0.1, 0.15) is 0 Å². The fourth-order valence-corrected chi connectivity index (χ4v) is 3.00. The third kappa shape index (κ3) is 4.67. The first-order valence-electron chi connectivity index (χ1n) is 8.01. The van der Waals surface area contributed by atoms with Crippen molar-refractivity contribution in [1.29, 1.82) is 0 Å². The molecule has 3 rings (SSSR count). The maximum absolute atomic E-state index is 5.08. The van der Waals surface area contributed by atoms with Crippen LogP contribution in [0, 0.1) is 6.92 Å². The van der Waals surface area contributed by atoms with E-state index < -0.39 is 0 Å². The summed E-state index contributed by atoms with van der Waals surface area (Å²) < 4.78 is 0. The van der Waals surface area contributed by atoms with E-state index in [0.717, 1.165) is 25.1 Å². The van der Waals surface area contributed by atoms with E-state index in [1.165, 1.54) is 22.3 Å². The molecule has 1 unspecified atom stereocenters. The van der Waals surface area contributed by atoms with Gasteiger partial charge in [0.05, 0.1) is 11.8 Å². The molecule has 0 saturated carbocycles. The normalized spacial score (nSPS) is 15.8. The summed E-state index contributed by atoms with van der Waals surface area (Å²) in [6, 6.07) is 17.8. The minimum Gasteiger partial charge on any atom is -0.412 e. The molecule has 1 aliphatic heterocycles. The second-order valence-electron chi connectivity index (χ2n) is 6.45. The predicted octanol–water partition coefficient (Wildman–Crippen LogP) is 3.31. The standard InChI is InChI=1S/C20H24N2.ClH.H2O/c1-15-8-10-16(11-9-15)20-19-7-5-4-6-17(19)14-18(21-20)12-13-22(2)3;;/h4-11,18H,12-14H2,1-3H3;1H;1H2. The fourth-order valence-electron chi connectivity index (χ4n) is 3.00. The molecule has 0 bridgehead atoms. The molecular weight excluding hydrogens is 320 g/mol. The zero-order valence-corrected chi connectivity index (χ0v) is 15.4. The summed E-state index contributed by atoms with van der Waals surface area (Å²) in [6.45, 7) is 3.21. The fraction of sp³-hybridized carbons (Fsp3) is 0.350.